The number of carbonyl (C=O) groups excluding carboxylic acids is 2. The molecule has 6 heteroatoms. The van der Waals surface area contributed by atoms with Gasteiger partial charge in [0, 0.05) is 6.54 Å². The molecule has 1 aromatic carbocycles. The largest absolute Gasteiger partial charge is 0.459 e. The fourth-order valence-corrected chi connectivity index (χ4v) is 1.74. The number of urea groups is 1. The number of terminal acetylenes is 1. The number of ether oxygens (including phenoxy) is 1. The lowest BCUT2D eigenvalue weighted by molar-refractivity contribution is -0.156. The summed E-state index contributed by atoms with van der Waals surface area (Å²) in [5.41, 5.74) is 2.93. The molecule has 0 aliphatic carbocycles. The Balaban J connectivity index is 2.46. The Bertz CT molecular complexity index is 559. The Morgan fingerprint density at radius 2 is 1.91 bits per heavy atom. The first-order chi connectivity index (χ1) is 10.8. The Kier molecular flexibility index (Phi) is 7.10. The predicted octanol–water partition coefficient (Wildman–Crippen LogP) is 1.68. The van der Waals surface area contributed by atoms with E-state index < -0.39 is 17.6 Å². The van der Waals surface area contributed by atoms with Crippen LogP contribution in [0.2, 0.25) is 0 Å². The van der Waals surface area contributed by atoms with Crippen molar-refractivity contribution < 1.29 is 14.3 Å². The second kappa shape index (κ2) is 8.81. The highest BCUT2D eigenvalue weighted by Gasteiger charge is 2.19. The zero-order chi connectivity index (χ0) is 17.3. The molecule has 0 aliphatic rings. The third-order valence-electron chi connectivity index (χ3n) is 2.58. The molecule has 0 spiro atoms. The number of hydrazine groups is 1. The van der Waals surface area contributed by atoms with Gasteiger partial charge in [0.25, 0.3) is 0 Å². The van der Waals surface area contributed by atoms with Crippen molar-refractivity contribution in [3.8, 4) is 12.3 Å². The SMILES string of the molecule is C#CCN(CC(=O)OC(C)(C)C)NC(=O)NCc1ccccc1. The summed E-state index contributed by atoms with van der Waals surface area (Å²) in [6, 6.07) is 9.05. The average molecular weight is 317 g/mol. The third-order valence-corrected chi connectivity index (χ3v) is 2.58. The molecule has 2 amide bonds. The number of esters is 1. The number of amides is 2. The normalized spacial score (nSPS) is 10.7. The summed E-state index contributed by atoms with van der Waals surface area (Å²) in [5.74, 6) is 1.93. The first kappa shape index (κ1) is 18.5. The maximum atomic E-state index is 11.9. The summed E-state index contributed by atoms with van der Waals surface area (Å²) >= 11 is 0. The molecular weight excluding hydrogens is 294 g/mol. The van der Waals surface area contributed by atoms with Crippen molar-refractivity contribution in [2.75, 3.05) is 13.1 Å². The van der Waals surface area contributed by atoms with Crippen LogP contribution in [0.4, 0.5) is 4.79 Å². The van der Waals surface area contributed by atoms with Gasteiger partial charge in [-0.05, 0) is 26.3 Å². The summed E-state index contributed by atoms with van der Waals surface area (Å²) in [6.45, 7) is 5.67. The molecule has 1 aromatic rings. The minimum atomic E-state index is -0.589. The molecule has 124 valence electrons. The molecular formula is C17H23N3O3. The molecule has 0 unspecified atom stereocenters. The van der Waals surface area contributed by atoms with E-state index in [9.17, 15) is 9.59 Å². The summed E-state index contributed by atoms with van der Waals surface area (Å²) in [5, 5.41) is 4.02. The Morgan fingerprint density at radius 3 is 2.48 bits per heavy atom. The molecule has 0 saturated heterocycles. The zero-order valence-corrected chi connectivity index (χ0v) is 13.8. The Morgan fingerprint density at radius 1 is 1.26 bits per heavy atom. The van der Waals surface area contributed by atoms with Crippen LogP contribution in [-0.4, -0.2) is 35.7 Å². The molecule has 0 heterocycles. The van der Waals surface area contributed by atoms with Gasteiger partial charge in [0.05, 0.1) is 6.54 Å². The van der Waals surface area contributed by atoms with Crippen LogP contribution < -0.4 is 10.7 Å². The van der Waals surface area contributed by atoms with E-state index in [1.807, 2.05) is 30.3 Å². The number of carbonyl (C=O) groups is 2. The fourth-order valence-electron chi connectivity index (χ4n) is 1.74. The molecule has 0 atom stereocenters. The quantitative estimate of drug-likeness (QED) is 0.476. The molecule has 0 bridgehead atoms. The molecule has 0 saturated carbocycles. The van der Waals surface area contributed by atoms with Gasteiger partial charge in [0.15, 0.2) is 0 Å². The number of hydrogen-bond donors (Lipinski definition) is 2. The van der Waals surface area contributed by atoms with E-state index >= 15 is 0 Å². The second-order valence-electron chi connectivity index (χ2n) is 5.93. The maximum Gasteiger partial charge on any atom is 0.329 e. The van der Waals surface area contributed by atoms with E-state index in [0.717, 1.165) is 5.56 Å². The molecule has 0 radical (unpaired) electrons. The minimum Gasteiger partial charge on any atom is -0.459 e. The molecule has 23 heavy (non-hydrogen) atoms. The lowest BCUT2D eigenvalue weighted by Crippen LogP contribution is -2.50. The van der Waals surface area contributed by atoms with Gasteiger partial charge in [-0.15, -0.1) is 6.42 Å². The van der Waals surface area contributed by atoms with Crippen LogP contribution in [0.3, 0.4) is 0 Å². The zero-order valence-electron chi connectivity index (χ0n) is 13.8. The molecule has 0 aliphatic heterocycles. The Labute approximate surface area is 137 Å². The standard InChI is InChI=1S/C17H23N3O3/c1-5-11-20(13-15(21)23-17(2,3)4)19-16(22)18-12-14-9-7-6-8-10-14/h1,6-10H,11-13H2,2-4H3,(H2,18,19,22). The lowest BCUT2D eigenvalue weighted by Gasteiger charge is -2.24. The third kappa shape index (κ3) is 8.49. The lowest BCUT2D eigenvalue weighted by atomic mass is 10.2. The number of nitrogens with zero attached hydrogens (tertiary/aromatic N) is 1. The Hall–Kier alpha value is -2.52. The highest BCUT2D eigenvalue weighted by Crippen LogP contribution is 2.07. The predicted molar refractivity (Wildman–Crippen MR) is 88.1 cm³/mol. The van der Waals surface area contributed by atoms with E-state index in [0.29, 0.717) is 6.54 Å². The number of rotatable bonds is 6. The van der Waals surface area contributed by atoms with Crippen LogP contribution in [-0.2, 0) is 16.1 Å². The summed E-state index contributed by atoms with van der Waals surface area (Å²) < 4.78 is 5.20. The summed E-state index contributed by atoms with van der Waals surface area (Å²) in [4.78, 5) is 23.7. The highest BCUT2D eigenvalue weighted by atomic mass is 16.6. The average Bonchev–Trinajstić information content (AvgIpc) is 2.44. The van der Waals surface area contributed by atoms with E-state index in [1.54, 1.807) is 20.8 Å². The van der Waals surface area contributed by atoms with Crippen molar-refractivity contribution in [1.29, 1.82) is 0 Å². The van der Waals surface area contributed by atoms with Gasteiger partial charge in [-0.3, -0.25) is 10.2 Å². The highest BCUT2D eigenvalue weighted by molar-refractivity contribution is 5.75. The van der Waals surface area contributed by atoms with Crippen LogP contribution in [0.25, 0.3) is 0 Å². The van der Waals surface area contributed by atoms with Crippen LogP contribution in [0.15, 0.2) is 30.3 Å². The molecule has 0 fully saturated rings. The van der Waals surface area contributed by atoms with Crippen molar-refractivity contribution in [2.45, 2.75) is 32.9 Å². The van der Waals surface area contributed by atoms with Gasteiger partial charge in [-0.2, -0.15) is 5.01 Å². The van der Waals surface area contributed by atoms with E-state index in [-0.39, 0.29) is 13.1 Å². The first-order valence-corrected chi connectivity index (χ1v) is 7.29. The van der Waals surface area contributed by atoms with Gasteiger partial charge in [-0.25, -0.2) is 4.79 Å². The minimum absolute atomic E-state index is 0.0952. The van der Waals surface area contributed by atoms with E-state index in [2.05, 4.69) is 16.7 Å². The van der Waals surface area contributed by atoms with E-state index in [1.165, 1.54) is 5.01 Å². The number of hydrogen-bond acceptors (Lipinski definition) is 4. The van der Waals surface area contributed by atoms with Crippen molar-refractivity contribution >= 4 is 12.0 Å². The molecule has 2 N–H and O–H groups in total. The van der Waals surface area contributed by atoms with Crippen molar-refractivity contribution in [2.24, 2.45) is 0 Å². The molecule has 6 nitrogen and oxygen atoms in total. The van der Waals surface area contributed by atoms with Gasteiger partial charge < -0.3 is 10.1 Å². The summed E-state index contributed by atoms with van der Waals surface area (Å²) in [7, 11) is 0. The smallest absolute Gasteiger partial charge is 0.329 e. The number of benzene rings is 1. The fraction of sp³-hybridized carbons (Fsp3) is 0.412. The second-order valence-corrected chi connectivity index (χ2v) is 5.93. The monoisotopic (exact) mass is 317 g/mol. The van der Waals surface area contributed by atoms with Gasteiger partial charge in [-0.1, -0.05) is 36.3 Å². The van der Waals surface area contributed by atoms with Crippen LogP contribution in [0.5, 0.6) is 0 Å². The van der Waals surface area contributed by atoms with Gasteiger partial charge in [0.2, 0.25) is 0 Å². The number of nitrogens with one attached hydrogen (secondary N) is 2. The molecule has 1 rings (SSSR count). The van der Waals surface area contributed by atoms with Gasteiger partial charge >= 0.3 is 12.0 Å². The topological polar surface area (TPSA) is 70.7 Å². The van der Waals surface area contributed by atoms with Crippen molar-refractivity contribution in [1.82, 2.24) is 15.8 Å². The maximum absolute atomic E-state index is 11.9. The van der Waals surface area contributed by atoms with Crippen molar-refractivity contribution in [3.05, 3.63) is 35.9 Å². The molecule has 0 aromatic heterocycles. The first-order valence-electron chi connectivity index (χ1n) is 7.29. The summed E-state index contributed by atoms with van der Waals surface area (Å²) in [6.07, 6.45) is 5.26. The van der Waals surface area contributed by atoms with Crippen LogP contribution in [0, 0.1) is 12.3 Å². The van der Waals surface area contributed by atoms with E-state index in [4.69, 9.17) is 11.2 Å². The van der Waals surface area contributed by atoms with Crippen molar-refractivity contribution in [3.63, 3.8) is 0 Å². The van der Waals surface area contributed by atoms with Crippen LogP contribution >= 0.6 is 0 Å². The van der Waals surface area contributed by atoms with Gasteiger partial charge in [0.1, 0.15) is 12.1 Å². The van der Waals surface area contributed by atoms with Crippen LogP contribution in [0.1, 0.15) is 26.3 Å².